The van der Waals surface area contributed by atoms with Crippen LogP contribution in [0.25, 0.3) is 0 Å². The van der Waals surface area contributed by atoms with E-state index in [1.807, 2.05) is 4.57 Å². The lowest BCUT2D eigenvalue weighted by Gasteiger charge is -2.36. The minimum absolute atomic E-state index is 0.259. The quantitative estimate of drug-likeness (QED) is 0.768. The van der Waals surface area contributed by atoms with E-state index in [0.717, 1.165) is 6.07 Å². The van der Waals surface area contributed by atoms with Crippen molar-refractivity contribution in [2.24, 2.45) is 5.41 Å². The summed E-state index contributed by atoms with van der Waals surface area (Å²) in [6.45, 7) is 1.06. The number of carbonyl (C=O) groups excluding carboxylic acids is 2. The molecule has 160 valence electrons. The maximum Gasteiger partial charge on any atom is 0.418 e. The highest BCUT2D eigenvalue weighted by molar-refractivity contribution is 5.90. The molecule has 2 amide bonds. The topological polar surface area (TPSA) is 76.5 Å². The molecule has 0 radical (unpaired) electrons. The Kier molecular flexibility index (Phi) is 5.17. The molecule has 7 nitrogen and oxygen atoms in total. The number of carbonyl (C=O) groups is 2. The van der Waals surface area contributed by atoms with Crippen molar-refractivity contribution < 1.29 is 27.5 Å². The number of likely N-dealkylation sites (tertiary alicyclic amines) is 1. The number of cyclic esters (lactones) is 1. The molecule has 4 rings (SSSR count). The van der Waals surface area contributed by atoms with Crippen molar-refractivity contribution in [1.82, 2.24) is 14.5 Å². The minimum atomic E-state index is -4.56. The molecular formula is C20H21F3N4O3. The summed E-state index contributed by atoms with van der Waals surface area (Å²) in [5.74, 6) is -0.268. The molecule has 10 heteroatoms. The molecule has 2 fully saturated rings. The number of ether oxygens (including phenoxy) is 1. The van der Waals surface area contributed by atoms with E-state index in [9.17, 15) is 22.8 Å². The van der Waals surface area contributed by atoms with Crippen molar-refractivity contribution in [3.63, 3.8) is 0 Å². The molecular weight excluding hydrogens is 401 g/mol. The molecule has 1 N–H and O–H groups in total. The van der Waals surface area contributed by atoms with Gasteiger partial charge in [0.2, 0.25) is 0 Å². The third-order valence-electron chi connectivity index (χ3n) is 5.78. The summed E-state index contributed by atoms with van der Waals surface area (Å²) in [5.41, 5.74) is -1.82. The smallest absolute Gasteiger partial charge is 0.418 e. The number of piperidine rings is 1. The maximum atomic E-state index is 13.1. The normalized spacial score (nSPS) is 21.0. The van der Waals surface area contributed by atoms with E-state index in [4.69, 9.17) is 4.74 Å². The van der Waals surface area contributed by atoms with Crippen LogP contribution in [-0.4, -0.2) is 45.6 Å². The number of hydrogen-bond acceptors (Lipinski definition) is 4. The van der Waals surface area contributed by atoms with E-state index in [1.54, 1.807) is 18.7 Å². The lowest BCUT2D eigenvalue weighted by Crippen LogP contribution is -2.46. The summed E-state index contributed by atoms with van der Waals surface area (Å²) in [6.07, 6.45) is 1.67. The van der Waals surface area contributed by atoms with Crippen LogP contribution < -0.4 is 5.32 Å². The van der Waals surface area contributed by atoms with E-state index in [2.05, 4.69) is 10.3 Å². The number of nitrogens with zero attached hydrogens (tertiary/aromatic N) is 3. The summed E-state index contributed by atoms with van der Waals surface area (Å²) in [6, 6.07) is 4.25. The molecule has 1 aromatic carbocycles. The number of alkyl halides is 3. The van der Waals surface area contributed by atoms with Gasteiger partial charge in [-0.2, -0.15) is 13.2 Å². The highest BCUT2D eigenvalue weighted by Crippen LogP contribution is 2.43. The zero-order valence-electron chi connectivity index (χ0n) is 16.1. The van der Waals surface area contributed by atoms with E-state index in [1.165, 1.54) is 23.1 Å². The lowest BCUT2D eigenvalue weighted by atomic mass is 9.76. The highest BCUT2D eigenvalue weighted by Gasteiger charge is 2.51. The molecule has 0 bridgehead atoms. The second kappa shape index (κ2) is 7.66. The summed E-state index contributed by atoms with van der Waals surface area (Å²) < 4.78 is 46.8. The van der Waals surface area contributed by atoms with Crippen LogP contribution in [0, 0.1) is 5.41 Å². The third-order valence-corrected chi connectivity index (χ3v) is 5.78. The zero-order chi connectivity index (χ0) is 21.4. The van der Waals surface area contributed by atoms with Crippen LogP contribution >= 0.6 is 0 Å². The first-order valence-corrected chi connectivity index (χ1v) is 9.66. The Hall–Kier alpha value is -3.04. The number of amides is 2. The van der Waals surface area contributed by atoms with E-state index in [0.29, 0.717) is 25.8 Å². The minimum Gasteiger partial charge on any atom is -0.460 e. The largest absolute Gasteiger partial charge is 0.460 e. The Balaban J connectivity index is 1.37. The molecule has 30 heavy (non-hydrogen) atoms. The van der Waals surface area contributed by atoms with Gasteiger partial charge < -0.3 is 19.5 Å². The molecule has 0 aliphatic carbocycles. The number of benzene rings is 1. The summed E-state index contributed by atoms with van der Waals surface area (Å²) in [4.78, 5) is 30.5. The predicted molar refractivity (Wildman–Crippen MR) is 100 cm³/mol. The maximum absolute atomic E-state index is 13.1. The number of anilines is 1. The zero-order valence-corrected chi connectivity index (χ0v) is 16.1. The fraction of sp³-hybridized carbons (Fsp3) is 0.450. The van der Waals surface area contributed by atoms with Gasteiger partial charge in [-0.05, 0) is 25.0 Å². The first-order valence-electron chi connectivity index (χ1n) is 9.66. The van der Waals surface area contributed by atoms with Gasteiger partial charge in [-0.15, -0.1) is 0 Å². The number of para-hydroxylation sites is 1. The molecule has 2 aliphatic heterocycles. The first-order chi connectivity index (χ1) is 14.3. The predicted octanol–water partition coefficient (Wildman–Crippen LogP) is 3.53. The van der Waals surface area contributed by atoms with Gasteiger partial charge in [0.25, 0.3) is 0 Å². The Morgan fingerprint density at radius 2 is 2.00 bits per heavy atom. The lowest BCUT2D eigenvalue weighted by molar-refractivity contribution is -0.150. The molecule has 2 saturated heterocycles. The van der Waals surface area contributed by atoms with Crippen LogP contribution in [-0.2, 0) is 22.3 Å². The second-order valence-electron chi connectivity index (χ2n) is 7.73. The second-order valence-corrected chi connectivity index (χ2v) is 7.73. The van der Waals surface area contributed by atoms with E-state index >= 15 is 0 Å². The van der Waals surface area contributed by atoms with Crippen LogP contribution in [0.3, 0.4) is 0 Å². The van der Waals surface area contributed by atoms with Crippen molar-refractivity contribution in [2.45, 2.75) is 38.1 Å². The summed E-state index contributed by atoms with van der Waals surface area (Å²) >= 11 is 0. The van der Waals surface area contributed by atoms with Crippen molar-refractivity contribution >= 4 is 17.7 Å². The van der Waals surface area contributed by atoms with Crippen LogP contribution in [0.1, 0.15) is 24.8 Å². The fourth-order valence-corrected chi connectivity index (χ4v) is 4.15. The standard InChI is InChI=1S/C20H21F3N4O3/c21-20(22,23)15-3-1-2-4-16(15)25-18(29)27-8-5-19(6-9-27)11-14(30-17(19)28)12-26-10-7-24-13-26/h1-4,7,10,13-14H,5-6,8-9,11-12H2,(H,25,29). The van der Waals surface area contributed by atoms with Crippen LogP contribution in [0.15, 0.2) is 43.0 Å². The number of urea groups is 1. The molecule has 3 heterocycles. The monoisotopic (exact) mass is 422 g/mol. The van der Waals surface area contributed by atoms with Gasteiger partial charge in [0.15, 0.2) is 0 Å². The van der Waals surface area contributed by atoms with Crippen LogP contribution in [0.2, 0.25) is 0 Å². The van der Waals surface area contributed by atoms with Gasteiger partial charge in [-0.1, -0.05) is 12.1 Å². The number of imidazole rings is 1. The molecule has 1 aromatic heterocycles. The number of esters is 1. The van der Waals surface area contributed by atoms with E-state index in [-0.39, 0.29) is 30.9 Å². The molecule has 0 saturated carbocycles. The van der Waals surface area contributed by atoms with Gasteiger partial charge in [-0.3, -0.25) is 4.79 Å². The number of rotatable bonds is 3. The van der Waals surface area contributed by atoms with Crippen LogP contribution in [0.5, 0.6) is 0 Å². The van der Waals surface area contributed by atoms with Crippen molar-refractivity contribution in [1.29, 1.82) is 0 Å². The average Bonchev–Trinajstić information content (AvgIpc) is 3.30. The van der Waals surface area contributed by atoms with Gasteiger partial charge in [0.1, 0.15) is 6.10 Å². The van der Waals surface area contributed by atoms with Crippen LogP contribution in [0.4, 0.5) is 23.7 Å². The number of halogens is 3. The Labute approximate surface area is 170 Å². The number of nitrogens with one attached hydrogen (secondary N) is 1. The summed E-state index contributed by atoms with van der Waals surface area (Å²) in [5, 5.41) is 2.36. The van der Waals surface area contributed by atoms with E-state index < -0.39 is 23.2 Å². The summed E-state index contributed by atoms with van der Waals surface area (Å²) in [7, 11) is 0. The Morgan fingerprint density at radius 3 is 2.67 bits per heavy atom. The Morgan fingerprint density at radius 1 is 1.27 bits per heavy atom. The van der Waals surface area contributed by atoms with Crippen molar-refractivity contribution in [3.8, 4) is 0 Å². The van der Waals surface area contributed by atoms with Crippen molar-refractivity contribution in [2.75, 3.05) is 18.4 Å². The Bertz CT molecular complexity index is 922. The molecule has 2 aromatic rings. The third kappa shape index (κ3) is 3.99. The number of hydrogen-bond donors (Lipinski definition) is 1. The molecule has 1 atom stereocenters. The average molecular weight is 422 g/mol. The number of aromatic nitrogens is 2. The molecule has 1 unspecified atom stereocenters. The first kappa shape index (κ1) is 20.2. The van der Waals surface area contributed by atoms with Gasteiger partial charge >= 0.3 is 18.2 Å². The molecule has 2 aliphatic rings. The fourth-order valence-electron chi connectivity index (χ4n) is 4.15. The highest BCUT2D eigenvalue weighted by atomic mass is 19.4. The van der Waals surface area contributed by atoms with Gasteiger partial charge in [0, 0.05) is 31.9 Å². The SMILES string of the molecule is O=C(Nc1ccccc1C(F)(F)F)N1CCC2(CC1)CC(Cn1ccnc1)OC2=O. The van der Waals surface area contributed by atoms with Gasteiger partial charge in [0.05, 0.1) is 29.5 Å². The van der Waals surface area contributed by atoms with Gasteiger partial charge in [-0.25, -0.2) is 9.78 Å². The van der Waals surface area contributed by atoms with Crippen molar-refractivity contribution in [3.05, 3.63) is 48.5 Å². The molecule has 1 spiro atoms.